The van der Waals surface area contributed by atoms with Crippen LogP contribution in [0.5, 0.6) is 0 Å². The maximum atomic E-state index is 12.4. The van der Waals surface area contributed by atoms with Gasteiger partial charge in [0.25, 0.3) is 5.56 Å². The number of nitrogens with zero attached hydrogens (tertiary/aromatic N) is 2. The average Bonchev–Trinajstić information content (AvgIpc) is 3.10. The fourth-order valence-electron chi connectivity index (χ4n) is 2.54. The Labute approximate surface area is 148 Å². The average molecular weight is 354 g/mol. The largest absolute Gasteiger partial charge is 0.394 e. The predicted octanol–water partition coefficient (Wildman–Crippen LogP) is 2.81. The maximum absolute atomic E-state index is 12.4. The number of aromatic nitrogens is 2. The molecule has 128 valence electrons. The number of hydrogen-bond acceptors (Lipinski definition) is 5. The molecule has 0 fully saturated rings. The lowest BCUT2D eigenvalue weighted by Crippen LogP contribution is -2.31. The highest BCUT2D eigenvalue weighted by Gasteiger charge is 2.13. The second-order valence-corrected chi connectivity index (χ2v) is 6.69. The minimum absolute atomic E-state index is 0.0678. The number of anilines is 2. The molecule has 2 heterocycles. The normalized spacial score (nSPS) is 10.6. The van der Waals surface area contributed by atoms with Crippen molar-refractivity contribution >= 4 is 28.6 Å². The summed E-state index contributed by atoms with van der Waals surface area (Å²) in [6.07, 6.45) is 0. The van der Waals surface area contributed by atoms with E-state index in [4.69, 9.17) is 5.73 Å². The molecule has 3 N–H and O–H groups in total. The first-order valence-electron chi connectivity index (χ1n) is 7.73. The molecule has 0 aliphatic rings. The zero-order valence-corrected chi connectivity index (χ0v) is 14.8. The molecule has 0 bridgehead atoms. The van der Waals surface area contributed by atoms with E-state index in [1.54, 1.807) is 0 Å². The molecule has 0 atom stereocenters. The van der Waals surface area contributed by atoms with E-state index in [2.05, 4.69) is 10.4 Å². The van der Waals surface area contributed by atoms with Crippen LogP contribution in [0.4, 0.5) is 11.4 Å². The summed E-state index contributed by atoms with van der Waals surface area (Å²) >= 11 is 1.49. The SMILES string of the molecule is Cc1cccc(C)c1NC(=O)Cn1nc(-c2cccs2)cc(N)c1=O. The Hall–Kier alpha value is -2.93. The van der Waals surface area contributed by atoms with E-state index < -0.39 is 5.56 Å². The fraction of sp³-hybridized carbons (Fsp3) is 0.167. The van der Waals surface area contributed by atoms with Gasteiger partial charge in [-0.15, -0.1) is 11.3 Å². The molecule has 2 aromatic heterocycles. The van der Waals surface area contributed by atoms with Gasteiger partial charge in [-0.2, -0.15) is 5.10 Å². The van der Waals surface area contributed by atoms with Gasteiger partial charge in [0, 0.05) is 5.69 Å². The number of aryl methyl sites for hydroxylation is 2. The van der Waals surface area contributed by atoms with E-state index in [1.807, 2.05) is 49.6 Å². The molecular formula is C18H18N4O2S. The molecule has 0 aliphatic carbocycles. The van der Waals surface area contributed by atoms with Gasteiger partial charge in [0.15, 0.2) is 0 Å². The Bertz CT molecular complexity index is 957. The van der Waals surface area contributed by atoms with Gasteiger partial charge >= 0.3 is 0 Å². The number of rotatable bonds is 4. The molecule has 6 nitrogen and oxygen atoms in total. The van der Waals surface area contributed by atoms with E-state index in [0.29, 0.717) is 5.69 Å². The molecule has 3 rings (SSSR count). The van der Waals surface area contributed by atoms with Crippen LogP contribution in [0.25, 0.3) is 10.6 Å². The third kappa shape index (κ3) is 3.61. The van der Waals surface area contributed by atoms with Gasteiger partial charge in [0.2, 0.25) is 5.91 Å². The zero-order valence-electron chi connectivity index (χ0n) is 13.9. The minimum atomic E-state index is -0.475. The number of benzene rings is 1. The molecule has 7 heteroatoms. The molecule has 1 amide bonds. The van der Waals surface area contributed by atoms with Crippen molar-refractivity contribution in [2.24, 2.45) is 0 Å². The quantitative estimate of drug-likeness (QED) is 0.754. The number of nitrogens with one attached hydrogen (secondary N) is 1. The first-order valence-corrected chi connectivity index (χ1v) is 8.61. The highest BCUT2D eigenvalue weighted by atomic mass is 32.1. The lowest BCUT2D eigenvalue weighted by atomic mass is 10.1. The highest BCUT2D eigenvalue weighted by Crippen LogP contribution is 2.23. The summed E-state index contributed by atoms with van der Waals surface area (Å²) in [4.78, 5) is 25.5. The summed E-state index contributed by atoms with van der Waals surface area (Å²) in [5.74, 6) is -0.324. The molecule has 0 saturated carbocycles. The van der Waals surface area contributed by atoms with Gasteiger partial charge < -0.3 is 11.1 Å². The molecule has 3 aromatic rings. The van der Waals surface area contributed by atoms with Crippen molar-refractivity contribution in [3.8, 4) is 10.6 Å². The Balaban J connectivity index is 1.87. The molecule has 0 spiro atoms. The monoisotopic (exact) mass is 354 g/mol. The van der Waals surface area contributed by atoms with E-state index in [0.717, 1.165) is 26.4 Å². The third-order valence-electron chi connectivity index (χ3n) is 3.81. The Morgan fingerprint density at radius 2 is 1.96 bits per heavy atom. The Morgan fingerprint density at radius 3 is 2.60 bits per heavy atom. The van der Waals surface area contributed by atoms with Crippen molar-refractivity contribution in [1.29, 1.82) is 0 Å². The van der Waals surface area contributed by atoms with Crippen molar-refractivity contribution in [2.45, 2.75) is 20.4 Å². The van der Waals surface area contributed by atoms with Crippen LogP contribution in [0.15, 0.2) is 46.6 Å². The molecular weight excluding hydrogens is 336 g/mol. The zero-order chi connectivity index (χ0) is 18.0. The smallest absolute Gasteiger partial charge is 0.290 e. The molecule has 0 saturated heterocycles. The standard InChI is InChI=1S/C18H18N4O2S/c1-11-5-3-6-12(2)17(11)20-16(23)10-22-18(24)13(19)9-14(21-22)15-7-4-8-25-15/h3-9H,10,19H2,1-2H3,(H,20,23). The number of nitrogens with two attached hydrogens (primary N) is 1. The van der Waals surface area contributed by atoms with Crippen LogP contribution in [0.1, 0.15) is 11.1 Å². The lowest BCUT2D eigenvalue weighted by molar-refractivity contribution is -0.117. The summed E-state index contributed by atoms with van der Waals surface area (Å²) in [5.41, 5.74) is 8.64. The summed E-state index contributed by atoms with van der Waals surface area (Å²) < 4.78 is 1.10. The van der Waals surface area contributed by atoms with Gasteiger partial charge in [-0.3, -0.25) is 9.59 Å². The van der Waals surface area contributed by atoms with Gasteiger partial charge in [-0.05, 0) is 42.5 Å². The summed E-state index contributed by atoms with van der Waals surface area (Å²) in [7, 11) is 0. The second-order valence-electron chi connectivity index (χ2n) is 5.74. The summed E-state index contributed by atoms with van der Waals surface area (Å²) in [6, 6.07) is 11.1. The summed E-state index contributed by atoms with van der Waals surface area (Å²) in [5, 5.41) is 9.04. The Kier molecular flexibility index (Phi) is 4.67. The Morgan fingerprint density at radius 1 is 1.24 bits per heavy atom. The molecule has 0 radical (unpaired) electrons. The van der Waals surface area contributed by atoms with Gasteiger partial charge in [-0.1, -0.05) is 24.3 Å². The van der Waals surface area contributed by atoms with E-state index in [1.165, 1.54) is 17.4 Å². The van der Waals surface area contributed by atoms with E-state index >= 15 is 0 Å². The van der Waals surface area contributed by atoms with Crippen LogP contribution in [0.3, 0.4) is 0 Å². The second kappa shape index (κ2) is 6.90. The number of carbonyl (C=O) groups is 1. The summed E-state index contributed by atoms with van der Waals surface area (Å²) in [6.45, 7) is 3.64. The molecule has 1 aromatic carbocycles. The van der Waals surface area contributed by atoms with Crippen LogP contribution in [-0.4, -0.2) is 15.7 Å². The number of para-hydroxylation sites is 1. The number of hydrogen-bond donors (Lipinski definition) is 2. The first kappa shape index (κ1) is 16.9. The van der Waals surface area contributed by atoms with Crippen LogP contribution in [0, 0.1) is 13.8 Å². The maximum Gasteiger partial charge on any atom is 0.290 e. The van der Waals surface area contributed by atoms with Gasteiger partial charge in [0.1, 0.15) is 17.9 Å². The number of amides is 1. The predicted molar refractivity (Wildman–Crippen MR) is 101 cm³/mol. The lowest BCUT2D eigenvalue weighted by Gasteiger charge is -2.12. The molecule has 0 aliphatic heterocycles. The van der Waals surface area contributed by atoms with Crippen molar-refractivity contribution in [3.05, 3.63) is 63.3 Å². The minimum Gasteiger partial charge on any atom is -0.394 e. The van der Waals surface area contributed by atoms with Gasteiger partial charge in [0.05, 0.1) is 4.88 Å². The first-order chi connectivity index (χ1) is 12.0. The van der Waals surface area contributed by atoms with Crippen LogP contribution in [0.2, 0.25) is 0 Å². The van der Waals surface area contributed by atoms with Crippen molar-refractivity contribution in [3.63, 3.8) is 0 Å². The number of nitrogen functional groups attached to an aromatic ring is 1. The van der Waals surface area contributed by atoms with Crippen LogP contribution in [-0.2, 0) is 11.3 Å². The van der Waals surface area contributed by atoms with Crippen LogP contribution < -0.4 is 16.6 Å². The van der Waals surface area contributed by atoms with Crippen LogP contribution >= 0.6 is 11.3 Å². The van der Waals surface area contributed by atoms with Crippen molar-refractivity contribution in [1.82, 2.24) is 9.78 Å². The number of carbonyl (C=O) groups excluding carboxylic acids is 1. The van der Waals surface area contributed by atoms with Crippen molar-refractivity contribution in [2.75, 3.05) is 11.1 Å². The van der Waals surface area contributed by atoms with E-state index in [-0.39, 0.29) is 18.1 Å². The fourth-order valence-corrected chi connectivity index (χ4v) is 3.22. The molecule has 25 heavy (non-hydrogen) atoms. The van der Waals surface area contributed by atoms with Crippen molar-refractivity contribution < 1.29 is 4.79 Å². The van der Waals surface area contributed by atoms with E-state index in [9.17, 15) is 9.59 Å². The number of thiophene rings is 1. The third-order valence-corrected chi connectivity index (χ3v) is 4.71. The topological polar surface area (TPSA) is 90.0 Å². The van der Waals surface area contributed by atoms with Gasteiger partial charge in [-0.25, -0.2) is 4.68 Å². The highest BCUT2D eigenvalue weighted by molar-refractivity contribution is 7.13. The molecule has 0 unspecified atom stereocenters.